The number of nitrogens with two attached hydrogens (primary N) is 1. The maximum Gasteiger partial charge on any atom is 0.137 e. The summed E-state index contributed by atoms with van der Waals surface area (Å²) in [4.78, 5) is 0. The van der Waals surface area contributed by atoms with Gasteiger partial charge < -0.3 is 10.2 Å². The Morgan fingerprint density at radius 1 is 1.53 bits per heavy atom. The zero-order valence-corrected chi connectivity index (χ0v) is 8.97. The van der Waals surface area contributed by atoms with E-state index in [1.807, 2.05) is 32.3 Å². The second-order valence-electron chi connectivity index (χ2n) is 3.62. The molecule has 0 aliphatic carbocycles. The van der Waals surface area contributed by atoms with E-state index in [1.54, 1.807) is 10.9 Å². The van der Waals surface area contributed by atoms with Gasteiger partial charge in [-0.1, -0.05) is 6.92 Å². The van der Waals surface area contributed by atoms with Crippen LogP contribution < -0.4 is 5.73 Å². The van der Waals surface area contributed by atoms with Crippen molar-refractivity contribution in [2.45, 2.75) is 19.4 Å². The normalized spacial score (nSPS) is 13.0. The van der Waals surface area contributed by atoms with Crippen LogP contribution in [-0.2, 0) is 7.05 Å². The molecule has 0 amide bonds. The third kappa shape index (κ3) is 1.94. The summed E-state index contributed by atoms with van der Waals surface area (Å²) in [7, 11) is 1.88. The molecule has 4 nitrogen and oxygen atoms in total. The molecule has 0 radical (unpaired) electrons. The Bertz CT molecular complexity index is 444. The lowest BCUT2D eigenvalue weighted by atomic mass is 10.2. The standard InChI is InChI=1S/C11H15N3O/c1-3-9(12)11-5-4-10(15-11)8-6-13-14(2)7-8/h4-7,9H,3,12H2,1-2H3. The molecule has 0 saturated carbocycles. The Kier molecular flexibility index (Phi) is 2.60. The monoisotopic (exact) mass is 205 g/mol. The Hall–Kier alpha value is -1.55. The van der Waals surface area contributed by atoms with Gasteiger partial charge in [-0.25, -0.2) is 0 Å². The van der Waals surface area contributed by atoms with Crippen LogP contribution in [0.2, 0.25) is 0 Å². The van der Waals surface area contributed by atoms with Crippen LogP contribution in [0.5, 0.6) is 0 Å². The van der Waals surface area contributed by atoms with Crippen molar-refractivity contribution >= 4 is 0 Å². The van der Waals surface area contributed by atoms with Crippen LogP contribution in [0.15, 0.2) is 28.9 Å². The predicted octanol–water partition coefficient (Wildman–Crippen LogP) is 2.09. The lowest BCUT2D eigenvalue weighted by molar-refractivity contribution is 0.470. The molecular formula is C11H15N3O. The molecule has 0 spiro atoms. The van der Waals surface area contributed by atoms with Crippen molar-refractivity contribution < 1.29 is 4.42 Å². The van der Waals surface area contributed by atoms with Gasteiger partial charge in [-0.2, -0.15) is 5.10 Å². The Labute approximate surface area is 88.7 Å². The molecular weight excluding hydrogens is 190 g/mol. The van der Waals surface area contributed by atoms with Gasteiger partial charge in [0, 0.05) is 13.2 Å². The highest BCUT2D eigenvalue weighted by Crippen LogP contribution is 2.24. The van der Waals surface area contributed by atoms with E-state index in [9.17, 15) is 0 Å². The lowest BCUT2D eigenvalue weighted by Gasteiger charge is -2.03. The zero-order chi connectivity index (χ0) is 10.8. The molecule has 2 N–H and O–H groups in total. The molecule has 0 aromatic carbocycles. The largest absolute Gasteiger partial charge is 0.459 e. The van der Waals surface area contributed by atoms with Gasteiger partial charge in [-0.05, 0) is 18.6 Å². The van der Waals surface area contributed by atoms with Crippen molar-refractivity contribution in [2.24, 2.45) is 12.8 Å². The molecule has 1 unspecified atom stereocenters. The third-order valence-electron chi connectivity index (χ3n) is 2.42. The van der Waals surface area contributed by atoms with E-state index in [-0.39, 0.29) is 6.04 Å². The Morgan fingerprint density at radius 3 is 2.93 bits per heavy atom. The molecule has 2 aromatic rings. The van der Waals surface area contributed by atoms with E-state index in [0.29, 0.717) is 0 Å². The maximum absolute atomic E-state index is 5.88. The van der Waals surface area contributed by atoms with Crippen LogP contribution in [-0.4, -0.2) is 9.78 Å². The van der Waals surface area contributed by atoms with Crippen molar-refractivity contribution in [3.63, 3.8) is 0 Å². The van der Waals surface area contributed by atoms with E-state index in [4.69, 9.17) is 10.2 Å². The number of hydrogen-bond acceptors (Lipinski definition) is 3. The van der Waals surface area contributed by atoms with Gasteiger partial charge >= 0.3 is 0 Å². The van der Waals surface area contributed by atoms with Crippen molar-refractivity contribution in [3.8, 4) is 11.3 Å². The number of hydrogen-bond donors (Lipinski definition) is 1. The summed E-state index contributed by atoms with van der Waals surface area (Å²) in [5.41, 5.74) is 6.86. The Balaban J connectivity index is 2.27. The predicted molar refractivity (Wildman–Crippen MR) is 58.1 cm³/mol. The minimum absolute atomic E-state index is 0.0181. The van der Waals surface area contributed by atoms with Crippen LogP contribution in [0, 0.1) is 0 Å². The highest BCUT2D eigenvalue weighted by molar-refractivity contribution is 5.55. The van der Waals surface area contributed by atoms with Crippen LogP contribution in [0.25, 0.3) is 11.3 Å². The third-order valence-corrected chi connectivity index (χ3v) is 2.42. The number of rotatable bonds is 3. The van der Waals surface area contributed by atoms with E-state index < -0.39 is 0 Å². The van der Waals surface area contributed by atoms with Gasteiger partial charge in [-0.3, -0.25) is 4.68 Å². The lowest BCUT2D eigenvalue weighted by Crippen LogP contribution is -2.06. The first-order valence-corrected chi connectivity index (χ1v) is 5.05. The molecule has 4 heteroatoms. The topological polar surface area (TPSA) is 57.0 Å². The van der Waals surface area contributed by atoms with Crippen LogP contribution in [0.3, 0.4) is 0 Å². The highest BCUT2D eigenvalue weighted by atomic mass is 16.3. The summed E-state index contributed by atoms with van der Waals surface area (Å²) >= 11 is 0. The van der Waals surface area contributed by atoms with Crippen molar-refractivity contribution in [1.29, 1.82) is 0 Å². The van der Waals surface area contributed by atoms with Crippen molar-refractivity contribution in [3.05, 3.63) is 30.3 Å². The van der Waals surface area contributed by atoms with E-state index >= 15 is 0 Å². The summed E-state index contributed by atoms with van der Waals surface area (Å²) in [6.45, 7) is 2.04. The van der Waals surface area contributed by atoms with Crippen LogP contribution in [0.4, 0.5) is 0 Å². The van der Waals surface area contributed by atoms with Gasteiger partial charge in [-0.15, -0.1) is 0 Å². The molecule has 80 valence electrons. The van der Waals surface area contributed by atoms with E-state index in [1.165, 1.54) is 0 Å². The molecule has 2 heterocycles. The average molecular weight is 205 g/mol. The number of aryl methyl sites for hydroxylation is 1. The molecule has 0 bridgehead atoms. The second kappa shape index (κ2) is 3.90. The molecule has 1 atom stereocenters. The van der Waals surface area contributed by atoms with Crippen LogP contribution >= 0.6 is 0 Å². The smallest absolute Gasteiger partial charge is 0.137 e. The highest BCUT2D eigenvalue weighted by Gasteiger charge is 2.10. The average Bonchev–Trinajstić information content (AvgIpc) is 2.84. The fraction of sp³-hybridized carbons (Fsp3) is 0.364. The van der Waals surface area contributed by atoms with Gasteiger partial charge in [0.25, 0.3) is 0 Å². The maximum atomic E-state index is 5.88. The minimum atomic E-state index is -0.0181. The number of furan rings is 1. The van der Waals surface area contributed by atoms with E-state index in [2.05, 4.69) is 5.10 Å². The second-order valence-corrected chi connectivity index (χ2v) is 3.62. The van der Waals surface area contributed by atoms with Gasteiger partial charge in [0.2, 0.25) is 0 Å². The van der Waals surface area contributed by atoms with Gasteiger partial charge in [0.05, 0.1) is 17.8 Å². The van der Waals surface area contributed by atoms with Gasteiger partial charge in [0.1, 0.15) is 11.5 Å². The molecule has 15 heavy (non-hydrogen) atoms. The first kappa shape index (κ1) is 9.98. The summed E-state index contributed by atoms with van der Waals surface area (Å²) in [5.74, 6) is 1.65. The van der Waals surface area contributed by atoms with Crippen LogP contribution in [0.1, 0.15) is 25.1 Å². The summed E-state index contributed by atoms with van der Waals surface area (Å²) in [6.07, 6.45) is 4.57. The first-order valence-electron chi connectivity index (χ1n) is 5.05. The van der Waals surface area contributed by atoms with E-state index in [0.717, 1.165) is 23.5 Å². The van der Waals surface area contributed by atoms with Gasteiger partial charge in [0.15, 0.2) is 0 Å². The molecule has 2 rings (SSSR count). The Morgan fingerprint density at radius 2 is 2.33 bits per heavy atom. The number of aromatic nitrogens is 2. The summed E-state index contributed by atoms with van der Waals surface area (Å²) < 4.78 is 7.40. The quantitative estimate of drug-likeness (QED) is 0.834. The number of nitrogens with zero attached hydrogens (tertiary/aromatic N) is 2. The SMILES string of the molecule is CCC(N)c1ccc(-c2cnn(C)c2)o1. The fourth-order valence-electron chi connectivity index (χ4n) is 1.46. The molecule has 0 fully saturated rings. The van der Waals surface area contributed by atoms with Crippen molar-refractivity contribution in [2.75, 3.05) is 0 Å². The minimum Gasteiger partial charge on any atom is -0.459 e. The zero-order valence-electron chi connectivity index (χ0n) is 8.97. The van der Waals surface area contributed by atoms with Crippen molar-refractivity contribution in [1.82, 2.24) is 9.78 Å². The molecule has 0 aliphatic rings. The summed E-state index contributed by atoms with van der Waals surface area (Å²) in [5, 5.41) is 4.09. The molecule has 2 aromatic heterocycles. The summed E-state index contributed by atoms with van der Waals surface area (Å²) in [6, 6.07) is 3.84. The fourth-order valence-corrected chi connectivity index (χ4v) is 1.46. The first-order chi connectivity index (χ1) is 7.20. The molecule has 0 aliphatic heterocycles. The molecule has 0 saturated heterocycles.